The summed E-state index contributed by atoms with van der Waals surface area (Å²) in [5, 5.41) is 9.42. The molecule has 3 aromatic heterocycles. The zero-order valence-electron chi connectivity index (χ0n) is 15.4. The van der Waals surface area contributed by atoms with Crippen molar-refractivity contribution >= 4 is 50.7 Å². The third-order valence-corrected chi connectivity index (χ3v) is 5.73. The van der Waals surface area contributed by atoms with Crippen molar-refractivity contribution < 1.29 is 4.79 Å². The summed E-state index contributed by atoms with van der Waals surface area (Å²) in [7, 11) is 3.63. The van der Waals surface area contributed by atoms with Gasteiger partial charge in [0.05, 0.1) is 28.8 Å². The molecule has 0 saturated carbocycles. The van der Waals surface area contributed by atoms with Crippen molar-refractivity contribution in [2.45, 2.75) is 13.0 Å². The Labute approximate surface area is 169 Å². The number of hydrogen-bond acceptors (Lipinski definition) is 11. The quantitative estimate of drug-likeness (QED) is 0.181. The number of aryl methyl sites for hydroxylation is 1. The SMILES string of the molecule is CN(Cc1csc(N)n1)/N=C\c1c(C=O)n(C)c2nc(C/C(N)=C/NN)sc12. The van der Waals surface area contributed by atoms with E-state index < -0.39 is 0 Å². The minimum absolute atomic E-state index is 0.460. The van der Waals surface area contributed by atoms with Gasteiger partial charge in [0.2, 0.25) is 0 Å². The number of carbonyl (C=O) groups is 1. The van der Waals surface area contributed by atoms with Gasteiger partial charge in [0.25, 0.3) is 0 Å². The lowest BCUT2D eigenvalue weighted by atomic mass is 10.3. The van der Waals surface area contributed by atoms with Gasteiger partial charge in [-0.25, -0.2) is 9.97 Å². The number of rotatable bonds is 8. The van der Waals surface area contributed by atoms with Crippen LogP contribution in [0.2, 0.25) is 0 Å². The fraction of sp³-hybridized carbons (Fsp3) is 0.250. The summed E-state index contributed by atoms with van der Waals surface area (Å²) in [6.07, 6.45) is 4.46. The Hall–Kier alpha value is -2.96. The third-order valence-electron chi connectivity index (χ3n) is 3.93. The number of anilines is 1. The molecule has 28 heavy (non-hydrogen) atoms. The van der Waals surface area contributed by atoms with E-state index in [-0.39, 0.29) is 0 Å². The predicted molar refractivity (Wildman–Crippen MR) is 113 cm³/mol. The number of allylic oxidation sites excluding steroid dienone is 1. The van der Waals surface area contributed by atoms with E-state index in [0.717, 1.165) is 27.3 Å². The van der Waals surface area contributed by atoms with Crippen LogP contribution in [0, 0.1) is 0 Å². The molecule has 10 nitrogen and oxygen atoms in total. The van der Waals surface area contributed by atoms with Crippen molar-refractivity contribution in [3.05, 3.63) is 39.2 Å². The molecule has 12 heteroatoms. The van der Waals surface area contributed by atoms with Crippen molar-refractivity contribution in [3.63, 3.8) is 0 Å². The van der Waals surface area contributed by atoms with Gasteiger partial charge in [-0.2, -0.15) is 5.10 Å². The molecule has 3 aromatic rings. The number of hydrazone groups is 1. The second-order valence-corrected chi connectivity index (χ2v) is 8.01. The molecule has 0 spiro atoms. The lowest BCUT2D eigenvalue weighted by Crippen LogP contribution is -2.17. The molecule has 0 unspecified atom stereocenters. The van der Waals surface area contributed by atoms with Crippen molar-refractivity contribution in [3.8, 4) is 0 Å². The van der Waals surface area contributed by atoms with Crippen LogP contribution >= 0.6 is 22.7 Å². The summed E-state index contributed by atoms with van der Waals surface area (Å²) < 4.78 is 2.63. The number of fused-ring (bicyclic) bond motifs is 1. The molecule has 0 bridgehead atoms. The second kappa shape index (κ2) is 8.37. The molecular formula is C16H21N9OS2. The fourth-order valence-corrected chi connectivity index (χ4v) is 4.37. The molecule has 0 amide bonds. The normalized spacial score (nSPS) is 12.2. The van der Waals surface area contributed by atoms with E-state index in [9.17, 15) is 4.79 Å². The molecule has 7 N–H and O–H groups in total. The molecule has 148 valence electrons. The van der Waals surface area contributed by atoms with Crippen molar-refractivity contribution in [2.75, 3.05) is 12.8 Å². The lowest BCUT2D eigenvalue weighted by molar-refractivity contribution is 0.111. The molecule has 0 aliphatic rings. The summed E-state index contributed by atoms with van der Waals surface area (Å²) in [5.41, 5.74) is 17.3. The lowest BCUT2D eigenvalue weighted by Gasteiger charge is -2.10. The van der Waals surface area contributed by atoms with Gasteiger partial charge in [-0.1, -0.05) is 0 Å². The van der Waals surface area contributed by atoms with Crippen molar-refractivity contribution in [1.29, 1.82) is 0 Å². The van der Waals surface area contributed by atoms with Crippen LogP contribution in [0.15, 0.2) is 22.4 Å². The van der Waals surface area contributed by atoms with E-state index in [1.165, 1.54) is 28.9 Å². The maximum atomic E-state index is 11.6. The van der Waals surface area contributed by atoms with E-state index in [1.807, 2.05) is 12.4 Å². The highest BCUT2D eigenvalue weighted by Crippen LogP contribution is 2.30. The van der Waals surface area contributed by atoms with Gasteiger partial charge >= 0.3 is 0 Å². The number of nitrogen functional groups attached to an aromatic ring is 1. The Balaban J connectivity index is 1.88. The number of hydrogen-bond donors (Lipinski definition) is 4. The van der Waals surface area contributed by atoms with Gasteiger partial charge in [-0.15, -0.1) is 22.7 Å². The molecule has 0 atom stereocenters. The largest absolute Gasteiger partial charge is 0.400 e. The van der Waals surface area contributed by atoms with Gasteiger partial charge in [-0.3, -0.25) is 15.6 Å². The number of hydrazine groups is 1. The van der Waals surface area contributed by atoms with Crippen LogP contribution in [-0.2, 0) is 20.0 Å². The number of nitrogens with two attached hydrogens (primary N) is 3. The van der Waals surface area contributed by atoms with E-state index in [4.69, 9.17) is 17.3 Å². The minimum Gasteiger partial charge on any atom is -0.400 e. The minimum atomic E-state index is 0.460. The smallest absolute Gasteiger partial charge is 0.180 e. The molecule has 0 aliphatic carbocycles. The van der Waals surface area contributed by atoms with Crippen LogP contribution in [0.25, 0.3) is 10.3 Å². The van der Waals surface area contributed by atoms with Crippen LogP contribution in [0.5, 0.6) is 0 Å². The van der Waals surface area contributed by atoms with E-state index in [0.29, 0.717) is 35.1 Å². The van der Waals surface area contributed by atoms with Gasteiger partial charge in [0.1, 0.15) is 5.01 Å². The summed E-state index contributed by atoms with van der Waals surface area (Å²) in [5.74, 6) is 5.25. The van der Waals surface area contributed by atoms with Gasteiger partial charge in [0, 0.05) is 43.4 Å². The van der Waals surface area contributed by atoms with Gasteiger partial charge in [0.15, 0.2) is 17.1 Å². The average molecular weight is 420 g/mol. The number of thiazole rings is 2. The molecule has 0 aliphatic heterocycles. The summed E-state index contributed by atoms with van der Waals surface area (Å²) in [6, 6.07) is 0. The monoisotopic (exact) mass is 419 g/mol. The molecular weight excluding hydrogens is 398 g/mol. The number of nitrogens with one attached hydrogen (secondary N) is 1. The van der Waals surface area contributed by atoms with Gasteiger partial charge in [-0.05, 0) is 0 Å². The standard InChI is InChI=1S/C16H21N9OS2/c1-24(6-10-8-27-16(18)22-10)21-5-11-12(7-26)25(2)15-14(11)28-13(23-15)3-9(17)4-20-19/h4-5,7-8,20H,3,6,17,19H2,1-2H3,(H2,18,22)/b9-4-,21-5-. The molecule has 3 heterocycles. The Kier molecular flexibility index (Phi) is 5.92. The Morgan fingerprint density at radius 3 is 2.89 bits per heavy atom. The first kappa shape index (κ1) is 19.8. The predicted octanol–water partition coefficient (Wildman–Crippen LogP) is 0.758. The number of aromatic nitrogens is 3. The van der Waals surface area contributed by atoms with Gasteiger partial charge < -0.3 is 21.5 Å². The van der Waals surface area contributed by atoms with E-state index in [1.54, 1.807) is 22.8 Å². The van der Waals surface area contributed by atoms with Crippen LogP contribution in [0.4, 0.5) is 5.13 Å². The van der Waals surface area contributed by atoms with E-state index in [2.05, 4.69) is 20.5 Å². The molecule has 0 radical (unpaired) electrons. The zero-order chi connectivity index (χ0) is 20.3. The second-order valence-electron chi connectivity index (χ2n) is 6.04. The molecule has 3 rings (SSSR count). The van der Waals surface area contributed by atoms with Crippen LogP contribution in [-0.4, -0.2) is 39.1 Å². The number of nitrogens with zero attached hydrogens (tertiary/aromatic N) is 5. The Morgan fingerprint density at radius 2 is 2.25 bits per heavy atom. The first-order valence-corrected chi connectivity index (χ1v) is 9.91. The van der Waals surface area contributed by atoms with Crippen molar-refractivity contribution in [2.24, 2.45) is 23.7 Å². The zero-order valence-corrected chi connectivity index (χ0v) is 17.0. The summed E-state index contributed by atoms with van der Waals surface area (Å²) >= 11 is 2.86. The first-order valence-electron chi connectivity index (χ1n) is 8.21. The summed E-state index contributed by atoms with van der Waals surface area (Å²) in [6.45, 7) is 0.512. The van der Waals surface area contributed by atoms with Crippen LogP contribution < -0.4 is 22.7 Å². The maximum absolute atomic E-state index is 11.6. The highest BCUT2D eigenvalue weighted by molar-refractivity contribution is 7.19. The third kappa shape index (κ3) is 4.13. The molecule has 0 fully saturated rings. The summed E-state index contributed by atoms with van der Waals surface area (Å²) in [4.78, 5) is 20.4. The first-order chi connectivity index (χ1) is 13.4. The maximum Gasteiger partial charge on any atom is 0.180 e. The highest BCUT2D eigenvalue weighted by atomic mass is 32.1. The number of aldehydes is 1. The molecule has 0 saturated heterocycles. The van der Waals surface area contributed by atoms with E-state index >= 15 is 0 Å². The van der Waals surface area contributed by atoms with Crippen LogP contribution in [0.3, 0.4) is 0 Å². The molecule has 0 aromatic carbocycles. The average Bonchev–Trinajstić information content (AvgIpc) is 3.29. The number of carbonyl (C=O) groups excluding carboxylic acids is 1. The fourth-order valence-electron chi connectivity index (χ4n) is 2.67. The van der Waals surface area contributed by atoms with Crippen molar-refractivity contribution in [1.82, 2.24) is 25.0 Å². The topological polar surface area (TPSA) is 153 Å². The van der Waals surface area contributed by atoms with Crippen LogP contribution in [0.1, 0.15) is 26.8 Å². The highest BCUT2D eigenvalue weighted by Gasteiger charge is 2.18. The Bertz CT molecular complexity index is 1050. The Morgan fingerprint density at radius 1 is 1.46 bits per heavy atom.